The lowest BCUT2D eigenvalue weighted by molar-refractivity contribution is 0.288. The third-order valence-electron chi connectivity index (χ3n) is 2.06. The molecular formula is C12H13N3O. The molecule has 0 saturated carbocycles. The van der Waals surface area contributed by atoms with Gasteiger partial charge in [0, 0.05) is 17.1 Å². The Morgan fingerprint density at radius 3 is 2.94 bits per heavy atom. The standard InChI is InChI=1S/C12H13N3O/c13-15-14-9-3-7-11-5-1-2-6-12(11)8-4-10-16/h1-2,5-6,16H,4,8-10H2. The summed E-state index contributed by atoms with van der Waals surface area (Å²) in [6, 6.07) is 7.79. The molecule has 0 unspecified atom stereocenters. The second-order valence-electron chi connectivity index (χ2n) is 3.18. The van der Waals surface area contributed by atoms with E-state index in [0.717, 1.165) is 24.0 Å². The number of aliphatic hydroxyl groups is 1. The second-order valence-corrected chi connectivity index (χ2v) is 3.18. The van der Waals surface area contributed by atoms with Crippen LogP contribution in [0.15, 0.2) is 29.4 Å². The zero-order valence-electron chi connectivity index (χ0n) is 8.93. The number of aryl methyl sites for hydroxylation is 1. The molecule has 0 aliphatic rings. The van der Waals surface area contributed by atoms with E-state index < -0.39 is 0 Å². The van der Waals surface area contributed by atoms with Crippen molar-refractivity contribution in [1.29, 1.82) is 0 Å². The van der Waals surface area contributed by atoms with Crippen molar-refractivity contribution < 1.29 is 5.11 Å². The van der Waals surface area contributed by atoms with Crippen molar-refractivity contribution in [1.82, 2.24) is 0 Å². The lowest BCUT2D eigenvalue weighted by Crippen LogP contribution is -1.92. The van der Waals surface area contributed by atoms with Gasteiger partial charge in [0.05, 0.1) is 6.54 Å². The minimum Gasteiger partial charge on any atom is -0.396 e. The Balaban J connectivity index is 2.76. The van der Waals surface area contributed by atoms with E-state index in [2.05, 4.69) is 21.9 Å². The summed E-state index contributed by atoms with van der Waals surface area (Å²) in [5.74, 6) is 5.75. The molecule has 0 aliphatic heterocycles. The molecule has 0 aromatic heterocycles. The van der Waals surface area contributed by atoms with Crippen LogP contribution in [0.3, 0.4) is 0 Å². The number of aliphatic hydroxyl groups excluding tert-OH is 1. The highest BCUT2D eigenvalue weighted by molar-refractivity contribution is 5.41. The Bertz CT molecular complexity index is 439. The van der Waals surface area contributed by atoms with Crippen LogP contribution < -0.4 is 0 Å². The maximum Gasteiger partial charge on any atom is 0.0880 e. The van der Waals surface area contributed by atoms with Crippen LogP contribution in [-0.4, -0.2) is 18.3 Å². The van der Waals surface area contributed by atoms with Crippen molar-refractivity contribution in [2.75, 3.05) is 13.2 Å². The Morgan fingerprint density at radius 1 is 1.38 bits per heavy atom. The molecule has 16 heavy (non-hydrogen) atoms. The number of azide groups is 1. The van der Waals surface area contributed by atoms with Crippen LogP contribution in [0.5, 0.6) is 0 Å². The van der Waals surface area contributed by atoms with Gasteiger partial charge in [-0.05, 0) is 30.0 Å². The quantitative estimate of drug-likeness (QED) is 0.356. The van der Waals surface area contributed by atoms with E-state index >= 15 is 0 Å². The first-order valence-corrected chi connectivity index (χ1v) is 5.07. The molecule has 0 atom stereocenters. The average Bonchev–Trinajstić information content (AvgIpc) is 2.33. The Labute approximate surface area is 94.5 Å². The van der Waals surface area contributed by atoms with E-state index in [1.54, 1.807) is 0 Å². The number of rotatable bonds is 4. The van der Waals surface area contributed by atoms with Gasteiger partial charge < -0.3 is 5.11 Å². The van der Waals surface area contributed by atoms with Gasteiger partial charge in [0.15, 0.2) is 0 Å². The second kappa shape index (κ2) is 7.36. The monoisotopic (exact) mass is 215 g/mol. The van der Waals surface area contributed by atoms with Crippen LogP contribution in [0, 0.1) is 11.8 Å². The minimum atomic E-state index is 0.181. The fraction of sp³-hybridized carbons (Fsp3) is 0.333. The van der Waals surface area contributed by atoms with Gasteiger partial charge in [-0.15, -0.1) is 0 Å². The van der Waals surface area contributed by atoms with Gasteiger partial charge in [0.1, 0.15) is 0 Å². The molecule has 1 aromatic rings. The van der Waals surface area contributed by atoms with Crippen LogP contribution in [0.2, 0.25) is 0 Å². The molecule has 0 fully saturated rings. The largest absolute Gasteiger partial charge is 0.396 e. The predicted molar refractivity (Wildman–Crippen MR) is 62.7 cm³/mol. The lowest BCUT2D eigenvalue weighted by atomic mass is 10.0. The normalized spacial score (nSPS) is 8.81. The van der Waals surface area contributed by atoms with E-state index in [1.165, 1.54) is 0 Å². The van der Waals surface area contributed by atoms with E-state index in [1.807, 2.05) is 24.3 Å². The summed E-state index contributed by atoms with van der Waals surface area (Å²) >= 11 is 0. The first-order chi connectivity index (χ1) is 7.88. The Kier molecular flexibility index (Phi) is 5.57. The molecule has 0 saturated heterocycles. The first kappa shape index (κ1) is 12.1. The van der Waals surface area contributed by atoms with Crippen LogP contribution in [-0.2, 0) is 6.42 Å². The van der Waals surface area contributed by atoms with Gasteiger partial charge in [-0.25, -0.2) is 0 Å². The molecule has 4 nitrogen and oxygen atoms in total. The number of benzene rings is 1. The topological polar surface area (TPSA) is 69.0 Å². The van der Waals surface area contributed by atoms with Gasteiger partial charge in [0.2, 0.25) is 0 Å². The van der Waals surface area contributed by atoms with E-state index in [-0.39, 0.29) is 13.2 Å². The molecule has 0 spiro atoms. The summed E-state index contributed by atoms with van der Waals surface area (Å²) < 4.78 is 0. The molecule has 1 aromatic carbocycles. The molecule has 1 N–H and O–H groups in total. The highest BCUT2D eigenvalue weighted by atomic mass is 16.2. The van der Waals surface area contributed by atoms with Gasteiger partial charge >= 0.3 is 0 Å². The van der Waals surface area contributed by atoms with Gasteiger partial charge in [-0.2, -0.15) is 0 Å². The fourth-order valence-corrected chi connectivity index (χ4v) is 1.33. The molecule has 0 bridgehead atoms. The lowest BCUT2D eigenvalue weighted by Gasteiger charge is -2.02. The summed E-state index contributed by atoms with van der Waals surface area (Å²) in [7, 11) is 0. The van der Waals surface area contributed by atoms with Gasteiger partial charge in [0.25, 0.3) is 0 Å². The zero-order chi connectivity index (χ0) is 11.6. The summed E-state index contributed by atoms with van der Waals surface area (Å²) in [6.45, 7) is 0.366. The van der Waals surface area contributed by atoms with E-state index in [4.69, 9.17) is 10.6 Å². The zero-order valence-corrected chi connectivity index (χ0v) is 8.93. The number of hydrogen-bond acceptors (Lipinski definition) is 2. The van der Waals surface area contributed by atoms with Crippen molar-refractivity contribution in [2.24, 2.45) is 5.11 Å². The highest BCUT2D eigenvalue weighted by Crippen LogP contribution is 2.09. The SMILES string of the molecule is [N-]=[N+]=NCC#Cc1ccccc1CCCO. The molecule has 0 heterocycles. The van der Waals surface area contributed by atoms with E-state index in [0.29, 0.717) is 0 Å². The molecule has 82 valence electrons. The molecule has 1 rings (SSSR count). The molecule has 0 radical (unpaired) electrons. The third-order valence-corrected chi connectivity index (χ3v) is 2.06. The number of nitrogens with zero attached hydrogens (tertiary/aromatic N) is 3. The maximum atomic E-state index is 8.77. The Morgan fingerprint density at radius 2 is 2.19 bits per heavy atom. The van der Waals surface area contributed by atoms with Crippen molar-refractivity contribution in [3.05, 3.63) is 45.8 Å². The van der Waals surface area contributed by atoms with Crippen molar-refractivity contribution in [3.63, 3.8) is 0 Å². The highest BCUT2D eigenvalue weighted by Gasteiger charge is 1.97. The summed E-state index contributed by atoms with van der Waals surface area (Å²) in [5.41, 5.74) is 10.1. The molecular weight excluding hydrogens is 202 g/mol. The van der Waals surface area contributed by atoms with Crippen LogP contribution >= 0.6 is 0 Å². The van der Waals surface area contributed by atoms with Crippen molar-refractivity contribution >= 4 is 0 Å². The van der Waals surface area contributed by atoms with E-state index in [9.17, 15) is 0 Å². The molecule has 4 heteroatoms. The average molecular weight is 215 g/mol. The predicted octanol–water partition coefficient (Wildman–Crippen LogP) is 2.27. The minimum absolute atomic E-state index is 0.181. The van der Waals surface area contributed by atoms with Crippen molar-refractivity contribution in [3.8, 4) is 11.8 Å². The fourth-order valence-electron chi connectivity index (χ4n) is 1.33. The first-order valence-electron chi connectivity index (χ1n) is 5.07. The van der Waals surface area contributed by atoms with Crippen LogP contribution in [0.25, 0.3) is 10.4 Å². The molecule has 0 aliphatic carbocycles. The van der Waals surface area contributed by atoms with Crippen LogP contribution in [0.4, 0.5) is 0 Å². The van der Waals surface area contributed by atoms with Gasteiger partial charge in [-0.3, -0.25) is 0 Å². The summed E-state index contributed by atoms with van der Waals surface area (Å²) in [4.78, 5) is 2.63. The Hall–Kier alpha value is -1.95. The number of hydrogen-bond donors (Lipinski definition) is 1. The maximum absolute atomic E-state index is 8.77. The smallest absolute Gasteiger partial charge is 0.0880 e. The summed E-state index contributed by atoms with van der Waals surface area (Å²) in [5, 5.41) is 12.1. The van der Waals surface area contributed by atoms with Gasteiger partial charge in [-0.1, -0.05) is 35.2 Å². The molecule has 0 amide bonds. The van der Waals surface area contributed by atoms with Crippen molar-refractivity contribution in [2.45, 2.75) is 12.8 Å². The summed E-state index contributed by atoms with van der Waals surface area (Å²) in [6.07, 6.45) is 1.54. The third kappa shape index (κ3) is 4.05. The van der Waals surface area contributed by atoms with Crippen LogP contribution in [0.1, 0.15) is 17.5 Å².